The summed E-state index contributed by atoms with van der Waals surface area (Å²) in [7, 11) is -1.56. The molecule has 1 unspecified atom stereocenters. The molecule has 0 saturated heterocycles. The lowest BCUT2D eigenvalue weighted by Gasteiger charge is -2.25. The maximum absolute atomic E-state index is 12.2. The molecule has 1 aliphatic rings. The minimum Gasteiger partial charge on any atom is -0.394 e. The highest BCUT2D eigenvalue weighted by atomic mass is 35.5. The lowest BCUT2D eigenvalue weighted by atomic mass is 10.2. The average Bonchev–Trinajstić information content (AvgIpc) is 2.92. The van der Waals surface area contributed by atoms with E-state index in [2.05, 4.69) is 15.3 Å². The second kappa shape index (κ2) is 9.66. The zero-order valence-corrected chi connectivity index (χ0v) is 16.1. The molecule has 1 fully saturated rings. The van der Waals surface area contributed by atoms with E-state index in [4.69, 9.17) is 27.2 Å². The van der Waals surface area contributed by atoms with Crippen LogP contribution in [-0.4, -0.2) is 72.8 Å². The van der Waals surface area contributed by atoms with Crippen molar-refractivity contribution in [2.45, 2.75) is 49.3 Å². The summed E-state index contributed by atoms with van der Waals surface area (Å²) in [5.41, 5.74) is 5.69. The predicted molar refractivity (Wildman–Crippen MR) is 98.5 cm³/mol. The van der Waals surface area contributed by atoms with Gasteiger partial charge in [-0.15, -0.1) is 4.91 Å². The van der Waals surface area contributed by atoms with Gasteiger partial charge in [0.1, 0.15) is 17.9 Å². The van der Waals surface area contributed by atoms with Gasteiger partial charge in [0.25, 0.3) is 0 Å². The molecule has 5 N–H and O–H groups in total. The van der Waals surface area contributed by atoms with E-state index in [1.807, 2.05) is 6.92 Å². The van der Waals surface area contributed by atoms with Gasteiger partial charge in [0, 0.05) is 12.2 Å². The topological polar surface area (TPSA) is 171 Å². The van der Waals surface area contributed by atoms with Crippen LogP contribution in [0.2, 0.25) is 5.15 Å². The minimum atomic E-state index is -1.56. The Labute approximate surface area is 162 Å². The van der Waals surface area contributed by atoms with Gasteiger partial charge >= 0.3 is 0 Å². The molecular formula is C14H22ClN5O6S. The second-order valence-corrected chi connectivity index (χ2v) is 7.75. The lowest BCUT2D eigenvalue weighted by Crippen LogP contribution is -2.41. The van der Waals surface area contributed by atoms with Gasteiger partial charge in [0.2, 0.25) is 5.16 Å². The van der Waals surface area contributed by atoms with Gasteiger partial charge in [-0.3, -0.25) is 4.21 Å². The van der Waals surface area contributed by atoms with Crippen molar-refractivity contribution in [3.63, 3.8) is 0 Å². The van der Waals surface area contributed by atoms with Crippen LogP contribution in [-0.2, 0) is 15.5 Å². The third-order valence-corrected chi connectivity index (χ3v) is 5.75. The highest BCUT2D eigenvalue weighted by molar-refractivity contribution is 7.84. The third-order valence-electron chi connectivity index (χ3n) is 4.09. The first-order valence-electron chi connectivity index (χ1n) is 8.28. The standard InChI is InChI=1S/C14H22ClN5O6S/c1-2-5-27(25)14-17-12(15)9(16)13(18-14)20(19-24)7-6-8(26-4-3-21)11(23)10(7)22/h7-8,10-11,21-23H,2-6,16H2,1H3/t7-,8+,10+,11-,27?/m1/s1. The van der Waals surface area contributed by atoms with Crippen LogP contribution in [0.3, 0.4) is 0 Å². The van der Waals surface area contributed by atoms with E-state index in [1.54, 1.807) is 0 Å². The third kappa shape index (κ3) is 4.70. The van der Waals surface area contributed by atoms with Gasteiger partial charge in [-0.1, -0.05) is 18.5 Å². The Morgan fingerprint density at radius 2 is 2.11 bits per heavy atom. The van der Waals surface area contributed by atoms with E-state index < -0.39 is 35.2 Å². The van der Waals surface area contributed by atoms with Crippen molar-refractivity contribution in [1.29, 1.82) is 0 Å². The van der Waals surface area contributed by atoms with Gasteiger partial charge in [-0.25, -0.2) is 9.99 Å². The fourth-order valence-electron chi connectivity index (χ4n) is 2.80. The van der Waals surface area contributed by atoms with E-state index in [0.717, 1.165) is 5.01 Å². The number of hydrogen-bond donors (Lipinski definition) is 4. The smallest absolute Gasteiger partial charge is 0.222 e. The van der Waals surface area contributed by atoms with Crippen LogP contribution in [0.25, 0.3) is 0 Å². The Bertz CT molecular complexity index is 698. The number of anilines is 2. The van der Waals surface area contributed by atoms with Crippen molar-refractivity contribution >= 4 is 33.9 Å². The number of aliphatic hydroxyl groups excluding tert-OH is 3. The summed E-state index contributed by atoms with van der Waals surface area (Å²) in [5.74, 6) is 0.0827. The number of nitrogen functional groups attached to an aromatic ring is 1. The molecule has 1 saturated carbocycles. The number of nitrogens with zero attached hydrogens (tertiary/aromatic N) is 4. The maximum Gasteiger partial charge on any atom is 0.222 e. The van der Waals surface area contributed by atoms with Crippen molar-refractivity contribution in [3.8, 4) is 0 Å². The quantitative estimate of drug-likeness (QED) is 0.177. The summed E-state index contributed by atoms with van der Waals surface area (Å²) in [5, 5.41) is 32.6. The number of nitrogens with two attached hydrogens (primary N) is 1. The Balaban J connectivity index is 2.36. The van der Waals surface area contributed by atoms with Crippen molar-refractivity contribution in [1.82, 2.24) is 9.97 Å². The minimum absolute atomic E-state index is 0.0164. The fraction of sp³-hybridized carbons (Fsp3) is 0.714. The highest BCUT2D eigenvalue weighted by Crippen LogP contribution is 2.35. The summed E-state index contributed by atoms with van der Waals surface area (Å²) in [6, 6.07) is -1.01. The summed E-state index contributed by atoms with van der Waals surface area (Å²) >= 11 is 5.99. The van der Waals surface area contributed by atoms with Crippen molar-refractivity contribution in [2.75, 3.05) is 29.7 Å². The van der Waals surface area contributed by atoms with E-state index in [9.17, 15) is 19.3 Å². The molecule has 13 heteroatoms. The molecule has 0 aromatic carbocycles. The Hall–Kier alpha value is -1.44. The summed E-state index contributed by atoms with van der Waals surface area (Å²) in [4.78, 5) is 19.4. The van der Waals surface area contributed by atoms with Gasteiger partial charge < -0.3 is 25.8 Å². The summed E-state index contributed by atoms with van der Waals surface area (Å²) in [6.07, 6.45) is -2.90. The maximum atomic E-state index is 12.2. The summed E-state index contributed by atoms with van der Waals surface area (Å²) in [6.45, 7) is 1.53. The SMILES string of the molecule is CCCS(=O)c1nc(Cl)c(N)c(N(N=O)[C@@H]2C[C@H](OCCO)[C@@H](O)[C@H]2O)n1. The number of nitroso groups, excluding NO2 is 1. The van der Waals surface area contributed by atoms with Crippen molar-refractivity contribution in [2.24, 2.45) is 5.29 Å². The van der Waals surface area contributed by atoms with Gasteiger partial charge in [0.05, 0.1) is 41.4 Å². The molecule has 1 aromatic heterocycles. The molecule has 2 rings (SSSR count). The molecule has 0 aliphatic heterocycles. The van der Waals surface area contributed by atoms with Crippen molar-refractivity contribution < 1.29 is 24.3 Å². The normalized spacial score (nSPS) is 26.1. The van der Waals surface area contributed by atoms with Crippen LogP contribution in [0.4, 0.5) is 11.5 Å². The van der Waals surface area contributed by atoms with Gasteiger partial charge in [0.15, 0.2) is 11.0 Å². The predicted octanol–water partition coefficient (Wildman–Crippen LogP) is -0.411. The molecule has 0 bridgehead atoms. The summed E-state index contributed by atoms with van der Waals surface area (Å²) < 4.78 is 17.5. The number of rotatable bonds is 9. The largest absolute Gasteiger partial charge is 0.394 e. The van der Waals surface area contributed by atoms with Crippen LogP contribution in [0.5, 0.6) is 0 Å². The number of halogens is 1. The molecule has 152 valence electrons. The molecule has 1 aliphatic carbocycles. The van der Waals surface area contributed by atoms with E-state index in [1.165, 1.54) is 0 Å². The van der Waals surface area contributed by atoms with Gasteiger partial charge in [-0.2, -0.15) is 4.98 Å². The molecular weight excluding hydrogens is 402 g/mol. The van der Waals surface area contributed by atoms with E-state index >= 15 is 0 Å². The molecule has 1 aromatic rings. The molecule has 11 nitrogen and oxygen atoms in total. The van der Waals surface area contributed by atoms with Crippen LogP contribution in [0.15, 0.2) is 10.4 Å². The van der Waals surface area contributed by atoms with Crippen LogP contribution in [0.1, 0.15) is 19.8 Å². The zero-order valence-electron chi connectivity index (χ0n) is 14.6. The first-order chi connectivity index (χ1) is 12.8. The Kier molecular flexibility index (Phi) is 7.82. The van der Waals surface area contributed by atoms with E-state index in [0.29, 0.717) is 6.42 Å². The second-order valence-electron chi connectivity index (χ2n) is 5.93. The number of aromatic nitrogens is 2. The zero-order chi connectivity index (χ0) is 20.1. The van der Waals surface area contributed by atoms with Crippen molar-refractivity contribution in [3.05, 3.63) is 10.1 Å². The average molecular weight is 424 g/mol. The number of aliphatic hydroxyl groups is 3. The Morgan fingerprint density at radius 1 is 1.41 bits per heavy atom. The monoisotopic (exact) mass is 423 g/mol. The molecule has 0 radical (unpaired) electrons. The first kappa shape index (κ1) is 21.9. The van der Waals surface area contributed by atoms with Crippen LogP contribution >= 0.6 is 11.6 Å². The molecule has 0 amide bonds. The number of ether oxygens (including phenoxy) is 1. The van der Waals surface area contributed by atoms with Gasteiger partial charge in [-0.05, 0) is 6.42 Å². The number of hydrogen-bond acceptors (Lipinski definition) is 10. The first-order valence-corrected chi connectivity index (χ1v) is 9.97. The molecule has 27 heavy (non-hydrogen) atoms. The Morgan fingerprint density at radius 3 is 2.70 bits per heavy atom. The molecule has 0 spiro atoms. The van der Waals surface area contributed by atoms with Crippen LogP contribution < -0.4 is 10.7 Å². The van der Waals surface area contributed by atoms with Crippen LogP contribution in [0, 0.1) is 4.91 Å². The lowest BCUT2D eigenvalue weighted by molar-refractivity contribution is -0.0616. The highest BCUT2D eigenvalue weighted by Gasteiger charge is 2.47. The fourth-order valence-corrected chi connectivity index (χ4v) is 3.95. The molecule has 5 atom stereocenters. The molecule has 1 heterocycles. The van der Waals surface area contributed by atoms with E-state index in [-0.39, 0.29) is 47.2 Å².